The SMILES string of the molecule is c1ccc2c(c1)cc(-c1c3ccccc3c(-c3cccc4c3sc3cc5sc6ccccc6c5cc34)c3ccccc13)c1ccccc12. The van der Waals surface area contributed by atoms with E-state index in [0.717, 1.165) is 0 Å². The van der Waals surface area contributed by atoms with Crippen LogP contribution in [-0.4, -0.2) is 0 Å². The van der Waals surface area contributed by atoms with E-state index in [9.17, 15) is 0 Å². The average Bonchev–Trinajstić information content (AvgIpc) is 3.70. The predicted octanol–water partition coefficient (Wildman–Crippen LogP) is 14.4. The van der Waals surface area contributed by atoms with Crippen molar-refractivity contribution >= 4 is 106 Å². The molecule has 0 nitrogen and oxygen atoms in total. The first-order chi connectivity index (χ1) is 23.8. The van der Waals surface area contributed by atoms with Crippen molar-refractivity contribution in [2.75, 3.05) is 0 Å². The van der Waals surface area contributed by atoms with Crippen molar-refractivity contribution in [3.63, 3.8) is 0 Å². The van der Waals surface area contributed by atoms with E-state index >= 15 is 0 Å². The molecule has 9 aromatic carbocycles. The Morgan fingerprint density at radius 3 is 1.52 bits per heavy atom. The minimum absolute atomic E-state index is 1.27. The van der Waals surface area contributed by atoms with Crippen molar-refractivity contribution in [3.05, 3.63) is 158 Å². The predicted molar refractivity (Wildman–Crippen MR) is 213 cm³/mol. The van der Waals surface area contributed by atoms with Gasteiger partial charge >= 0.3 is 0 Å². The second-order valence-electron chi connectivity index (χ2n) is 12.8. The van der Waals surface area contributed by atoms with Crippen LogP contribution in [-0.2, 0) is 0 Å². The molecule has 0 saturated heterocycles. The van der Waals surface area contributed by atoms with Crippen molar-refractivity contribution in [2.45, 2.75) is 0 Å². The van der Waals surface area contributed by atoms with E-state index in [4.69, 9.17) is 0 Å². The maximum absolute atomic E-state index is 2.44. The number of rotatable bonds is 2. The van der Waals surface area contributed by atoms with Crippen molar-refractivity contribution in [1.29, 1.82) is 0 Å². The minimum Gasteiger partial charge on any atom is -0.135 e. The van der Waals surface area contributed by atoms with Crippen LogP contribution in [0.3, 0.4) is 0 Å². The Morgan fingerprint density at radius 2 is 0.792 bits per heavy atom. The molecule has 2 heteroatoms. The highest BCUT2D eigenvalue weighted by molar-refractivity contribution is 7.28. The van der Waals surface area contributed by atoms with Crippen LogP contribution < -0.4 is 0 Å². The molecule has 222 valence electrons. The number of benzene rings is 9. The fourth-order valence-corrected chi connectivity index (χ4v) is 10.6. The molecule has 2 aromatic heterocycles. The van der Waals surface area contributed by atoms with Crippen molar-refractivity contribution in [2.24, 2.45) is 0 Å². The Bertz CT molecular complexity index is 3060. The number of fused-ring (bicyclic) bond motifs is 11. The molecule has 0 aliphatic carbocycles. The van der Waals surface area contributed by atoms with Crippen LogP contribution in [0.4, 0.5) is 0 Å². The van der Waals surface area contributed by atoms with Crippen LogP contribution in [0, 0.1) is 0 Å². The van der Waals surface area contributed by atoms with Gasteiger partial charge in [0.1, 0.15) is 0 Å². The highest BCUT2D eigenvalue weighted by Crippen LogP contribution is 2.50. The Balaban J connectivity index is 1.26. The van der Waals surface area contributed by atoms with E-state index in [1.807, 2.05) is 22.7 Å². The summed E-state index contributed by atoms with van der Waals surface area (Å²) in [6, 6.07) is 58.8. The molecule has 0 radical (unpaired) electrons. The van der Waals surface area contributed by atoms with Crippen LogP contribution in [0.25, 0.3) is 106 Å². The van der Waals surface area contributed by atoms with Crippen LogP contribution in [0.15, 0.2) is 158 Å². The molecular weight excluding hydrogens is 617 g/mol. The summed E-state index contributed by atoms with van der Waals surface area (Å²) in [5, 5.41) is 15.7. The molecule has 0 bridgehead atoms. The first kappa shape index (κ1) is 26.5. The van der Waals surface area contributed by atoms with Crippen LogP contribution in [0.5, 0.6) is 0 Å². The number of thiophene rings is 2. The van der Waals surface area contributed by atoms with Gasteiger partial charge in [-0.05, 0) is 84.0 Å². The minimum atomic E-state index is 1.27. The first-order valence-corrected chi connectivity index (χ1v) is 18.1. The lowest BCUT2D eigenvalue weighted by molar-refractivity contribution is 1.71. The molecule has 0 amide bonds. The van der Waals surface area contributed by atoms with Gasteiger partial charge in [-0.25, -0.2) is 0 Å². The van der Waals surface area contributed by atoms with E-state index in [0.29, 0.717) is 0 Å². The van der Waals surface area contributed by atoms with Gasteiger partial charge in [-0.3, -0.25) is 0 Å². The lowest BCUT2D eigenvalue weighted by Crippen LogP contribution is -1.92. The summed E-state index contributed by atoms with van der Waals surface area (Å²) >= 11 is 3.83. The Kier molecular flexibility index (Phi) is 5.51. The second kappa shape index (κ2) is 9.98. The molecule has 0 fully saturated rings. The molecule has 0 unspecified atom stereocenters. The first-order valence-electron chi connectivity index (χ1n) is 16.4. The zero-order valence-electron chi connectivity index (χ0n) is 25.8. The monoisotopic (exact) mass is 642 g/mol. The molecule has 11 aromatic rings. The molecule has 0 spiro atoms. The van der Waals surface area contributed by atoms with Gasteiger partial charge < -0.3 is 0 Å². The van der Waals surface area contributed by atoms with Gasteiger partial charge in [-0.2, -0.15) is 0 Å². The summed E-state index contributed by atoms with van der Waals surface area (Å²) in [5.74, 6) is 0. The number of hydrogen-bond donors (Lipinski definition) is 0. The van der Waals surface area contributed by atoms with Gasteiger partial charge in [0.15, 0.2) is 0 Å². The normalized spacial score (nSPS) is 12.2. The topological polar surface area (TPSA) is 0 Å². The van der Waals surface area contributed by atoms with Crippen LogP contribution in [0.2, 0.25) is 0 Å². The summed E-state index contributed by atoms with van der Waals surface area (Å²) in [4.78, 5) is 0. The zero-order valence-corrected chi connectivity index (χ0v) is 27.5. The van der Waals surface area contributed by atoms with Gasteiger partial charge in [0.05, 0.1) is 0 Å². The van der Waals surface area contributed by atoms with Crippen molar-refractivity contribution in [3.8, 4) is 22.3 Å². The summed E-state index contributed by atoms with van der Waals surface area (Å²) in [7, 11) is 0. The molecule has 0 aliphatic heterocycles. The van der Waals surface area contributed by atoms with E-state index in [1.165, 1.54) is 106 Å². The molecular formula is C46H26S2. The molecule has 2 heterocycles. The van der Waals surface area contributed by atoms with Gasteiger partial charge in [0, 0.05) is 45.9 Å². The van der Waals surface area contributed by atoms with Crippen molar-refractivity contribution < 1.29 is 0 Å². The molecule has 0 atom stereocenters. The van der Waals surface area contributed by atoms with Gasteiger partial charge in [-0.1, -0.05) is 133 Å². The van der Waals surface area contributed by atoms with E-state index < -0.39 is 0 Å². The Labute approximate surface area is 284 Å². The average molecular weight is 643 g/mol. The lowest BCUT2D eigenvalue weighted by atomic mass is 9.83. The molecule has 0 saturated carbocycles. The number of hydrogen-bond acceptors (Lipinski definition) is 2. The fraction of sp³-hybridized carbons (Fsp3) is 0. The van der Waals surface area contributed by atoms with Gasteiger partial charge in [0.2, 0.25) is 0 Å². The molecule has 0 N–H and O–H groups in total. The van der Waals surface area contributed by atoms with E-state index in [-0.39, 0.29) is 0 Å². The third-order valence-corrected chi connectivity index (χ3v) is 12.6. The van der Waals surface area contributed by atoms with E-state index in [1.54, 1.807) is 0 Å². The summed E-state index contributed by atoms with van der Waals surface area (Å²) in [6.45, 7) is 0. The van der Waals surface area contributed by atoms with Gasteiger partial charge in [-0.15, -0.1) is 22.7 Å². The Morgan fingerprint density at radius 1 is 0.271 bits per heavy atom. The summed E-state index contributed by atoms with van der Waals surface area (Å²) in [6.07, 6.45) is 0. The third-order valence-electron chi connectivity index (χ3n) is 10.2. The van der Waals surface area contributed by atoms with Crippen LogP contribution in [0.1, 0.15) is 0 Å². The maximum atomic E-state index is 2.44. The summed E-state index contributed by atoms with van der Waals surface area (Å²) < 4.78 is 5.42. The fourth-order valence-electron chi connectivity index (χ4n) is 8.18. The second-order valence-corrected chi connectivity index (χ2v) is 14.9. The zero-order chi connectivity index (χ0) is 31.3. The quantitative estimate of drug-likeness (QED) is 0.130. The largest absolute Gasteiger partial charge is 0.135 e. The highest BCUT2D eigenvalue weighted by Gasteiger charge is 2.21. The maximum Gasteiger partial charge on any atom is 0.0434 e. The van der Waals surface area contributed by atoms with Gasteiger partial charge in [0.25, 0.3) is 0 Å². The summed E-state index contributed by atoms with van der Waals surface area (Å²) in [5.41, 5.74) is 5.22. The standard InChI is InChI=1S/C46H26S2/c1-2-13-28-27(12-1)24-40(30-15-4-3-14-29(28)30)45-34-19-7-5-17-32(34)44(33-18-6-8-20-35(33)45)37-22-11-21-36-39-25-38-31-16-9-10-23-41(31)47-42(38)26-43(39)48-46(36)37/h1-26H. The molecule has 11 rings (SSSR count). The third kappa shape index (κ3) is 3.65. The van der Waals surface area contributed by atoms with Crippen molar-refractivity contribution in [1.82, 2.24) is 0 Å². The smallest absolute Gasteiger partial charge is 0.0434 e. The lowest BCUT2D eigenvalue weighted by Gasteiger charge is -2.20. The molecule has 48 heavy (non-hydrogen) atoms. The van der Waals surface area contributed by atoms with E-state index in [2.05, 4.69) is 158 Å². The molecule has 0 aliphatic rings. The van der Waals surface area contributed by atoms with Crippen LogP contribution >= 0.6 is 22.7 Å². The Hall–Kier alpha value is -5.54. The highest BCUT2D eigenvalue weighted by atomic mass is 32.1.